The molecule has 0 unspecified atom stereocenters. The number of nitrogens with two attached hydrogens (primary N) is 1. The van der Waals surface area contributed by atoms with Crippen LogP contribution in [-0.2, 0) is 0 Å². The van der Waals surface area contributed by atoms with Crippen molar-refractivity contribution in [3.8, 4) is 0 Å². The van der Waals surface area contributed by atoms with Crippen LogP contribution in [0.4, 0.5) is 16.9 Å². The molecule has 0 saturated carbocycles. The van der Waals surface area contributed by atoms with Crippen LogP contribution in [0.25, 0.3) is 0 Å². The second-order valence-electron chi connectivity index (χ2n) is 3.09. The van der Waals surface area contributed by atoms with Crippen LogP contribution in [0.2, 0.25) is 0 Å². The zero-order valence-corrected chi connectivity index (χ0v) is 9.30. The summed E-state index contributed by atoms with van der Waals surface area (Å²) in [6.07, 6.45) is 1.61. The standard InChI is InChI=1S/C9H11N5S/c1-5-6(2)15-9(12-5)14-8-11-4-3-7(10)13-8/h3-4H,1-2H3,(H3,10,11,12,13,14). The van der Waals surface area contributed by atoms with Crippen LogP contribution in [0.15, 0.2) is 12.3 Å². The van der Waals surface area contributed by atoms with Crippen molar-refractivity contribution in [2.24, 2.45) is 0 Å². The fourth-order valence-electron chi connectivity index (χ4n) is 1.05. The van der Waals surface area contributed by atoms with E-state index in [0.29, 0.717) is 11.8 Å². The fraction of sp³-hybridized carbons (Fsp3) is 0.222. The minimum atomic E-state index is 0.442. The molecule has 0 aliphatic rings. The van der Waals surface area contributed by atoms with Crippen LogP contribution in [0, 0.1) is 13.8 Å². The largest absolute Gasteiger partial charge is 0.384 e. The number of nitrogen functional groups attached to an aromatic ring is 1. The van der Waals surface area contributed by atoms with Gasteiger partial charge in [0.25, 0.3) is 0 Å². The molecule has 0 amide bonds. The van der Waals surface area contributed by atoms with Crippen molar-refractivity contribution in [2.45, 2.75) is 13.8 Å². The van der Waals surface area contributed by atoms with Gasteiger partial charge in [-0.1, -0.05) is 0 Å². The molecule has 0 radical (unpaired) electrons. The molecule has 0 aliphatic heterocycles. The predicted molar refractivity (Wildman–Crippen MR) is 61.3 cm³/mol. The molecule has 0 saturated heterocycles. The van der Waals surface area contributed by atoms with Crippen LogP contribution < -0.4 is 11.1 Å². The Hall–Kier alpha value is -1.69. The molecule has 0 aliphatic carbocycles. The van der Waals surface area contributed by atoms with Gasteiger partial charge in [0.15, 0.2) is 5.13 Å². The molecule has 0 atom stereocenters. The van der Waals surface area contributed by atoms with E-state index in [-0.39, 0.29) is 0 Å². The Bertz CT molecular complexity index is 460. The van der Waals surface area contributed by atoms with Crippen LogP contribution in [-0.4, -0.2) is 15.0 Å². The van der Waals surface area contributed by atoms with Crippen molar-refractivity contribution in [1.29, 1.82) is 0 Å². The Morgan fingerprint density at radius 2 is 2.13 bits per heavy atom. The number of hydrogen-bond donors (Lipinski definition) is 2. The molecule has 2 aromatic heterocycles. The molecule has 0 spiro atoms. The summed E-state index contributed by atoms with van der Waals surface area (Å²) in [6.45, 7) is 4.00. The van der Waals surface area contributed by atoms with Crippen molar-refractivity contribution >= 4 is 28.2 Å². The Morgan fingerprint density at radius 1 is 1.33 bits per heavy atom. The van der Waals surface area contributed by atoms with E-state index in [1.54, 1.807) is 23.6 Å². The van der Waals surface area contributed by atoms with Crippen molar-refractivity contribution < 1.29 is 0 Å². The topological polar surface area (TPSA) is 76.7 Å². The highest BCUT2D eigenvalue weighted by atomic mass is 32.1. The lowest BCUT2D eigenvalue weighted by Crippen LogP contribution is -1.99. The first-order valence-corrected chi connectivity index (χ1v) is 5.26. The smallest absolute Gasteiger partial charge is 0.230 e. The van der Waals surface area contributed by atoms with Gasteiger partial charge in [-0.15, -0.1) is 11.3 Å². The number of hydrogen-bond acceptors (Lipinski definition) is 6. The average molecular weight is 221 g/mol. The van der Waals surface area contributed by atoms with Gasteiger partial charge in [0.2, 0.25) is 5.95 Å². The number of anilines is 3. The quantitative estimate of drug-likeness (QED) is 0.809. The molecule has 2 rings (SSSR count). The third-order valence-corrected chi connectivity index (χ3v) is 2.91. The number of thiazole rings is 1. The molecule has 3 N–H and O–H groups in total. The molecule has 2 heterocycles. The van der Waals surface area contributed by atoms with Crippen LogP contribution >= 0.6 is 11.3 Å². The summed E-state index contributed by atoms with van der Waals surface area (Å²) in [5.74, 6) is 0.918. The van der Waals surface area contributed by atoms with E-state index < -0.39 is 0 Å². The molecule has 15 heavy (non-hydrogen) atoms. The molecule has 5 nitrogen and oxygen atoms in total. The number of rotatable bonds is 2. The second-order valence-corrected chi connectivity index (χ2v) is 4.29. The van der Waals surface area contributed by atoms with Gasteiger partial charge in [-0.2, -0.15) is 4.98 Å². The van der Waals surface area contributed by atoms with E-state index in [4.69, 9.17) is 5.73 Å². The first kappa shape index (κ1) is 9.85. The number of aryl methyl sites for hydroxylation is 2. The highest BCUT2D eigenvalue weighted by Crippen LogP contribution is 2.23. The van der Waals surface area contributed by atoms with Gasteiger partial charge < -0.3 is 5.73 Å². The summed E-state index contributed by atoms with van der Waals surface area (Å²) in [5.41, 5.74) is 6.56. The SMILES string of the molecule is Cc1nc(Nc2nccc(N)n2)sc1C. The molecule has 0 bridgehead atoms. The maximum atomic E-state index is 5.54. The van der Waals surface area contributed by atoms with Gasteiger partial charge in [-0.05, 0) is 19.9 Å². The monoisotopic (exact) mass is 221 g/mol. The van der Waals surface area contributed by atoms with E-state index in [0.717, 1.165) is 10.8 Å². The zero-order chi connectivity index (χ0) is 10.8. The van der Waals surface area contributed by atoms with E-state index in [2.05, 4.69) is 20.3 Å². The lowest BCUT2D eigenvalue weighted by Gasteiger charge is -1.99. The van der Waals surface area contributed by atoms with Crippen LogP contribution in [0.1, 0.15) is 10.6 Å². The van der Waals surface area contributed by atoms with Crippen molar-refractivity contribution in [3.05, 3.63) is 22.8 Å². The van der Waals surface area contributed by atoms with Gasteiger partial charge in [0, 0.05) is 11.1 Å². The first-order valence-electron chi connectivity index (χ1n) is 4.45. The Labute approximate surface area is 91.4 Å². The lowest BCUT2D eigenvalue weighted by molar-refractivity contribution is 1.15. The molecule has 0 aromatic carbocycles. The molecular weight excluding hydrogens is 210 g/mol. The highest BCUT2D eigenvalue weighted by Gasteiger charge is 2.04. The molecule has 6 heteroatoms. The zero-order valence-electron chi connectivity index (χ0n) is 8.48. The molecule has 2 aromatic rings. The maximum Gasteiger partial charge on any atom is 0.230 e. The van der Waals surface area contributed by atoms with Crippen LogP contribution in [0.5, 0.6) is 0 Å². The van der Waals surface area contributed by atoms with Crippen molar-refractivity contribution in [2.75, 3.05) is 11.1 Å². The number of aromatic nitrogens is 3. The van der Waals surface area contributed by atoms with Crippen molar-refractivity contribution in [1.82, 2.24) is 15.0 Å². The summed E-state index contributed by atoms with van der Waals surface area (Å²) >= 11 is 1.57. The van der Waals surface area contributed by atoms with E-state index in [1.807, 2.05) is 13.8 Å². The van der Waals surface area contributed by atoms with E-state index >= 15 is 0 Å². The van der Waals surface area contributed by atoms with Gasteiger partial charge in [0.05, 0.1) is 5.69 Å². The van der Waals surface area contributed by atoms with E-state index in [1.165, 1.54) is 4.88 Å². The minimum absolute atomic E-state index is 0.442. The summed E-state index contributed by atoms with van der Waals surface area (Å²) in [6, 6.07) is 1.64. The summed E-state index contributed by atoms with van der Waals surface area (Å²) < 4.78 is 0. The van der Waals surface area contributed by atoms with Gasteiger partial charge in [-0.25, -0.2) is 9.97 Å². The number of nitrogens with one attached hydrogen (secondary N) is 1. The third kappa shape index (κ3) is 2.21. The lowest BCUT2D eigenvalue weighted by atomic mass is 10.4. The molecule has 0 fully saturated rings. The molecular formula is C9H11N5S. The summed E-state index contributed by atoms with van der Waals surface area (Å²) in [5, 5.41) is 3.80. The number of nitrogens with zero attached hydrogens (tertiary/aromatic N) is 3. The highest BCUT2D eigenvalue weighted by molar-refractivity contribution is 7.15. The fourth-order valence-corrected chi connectivity index (χ4v) is 1.86. The van der Waals surface area contributed by atoms with Crippen LogP contribution in [0.3, 0.4) is 0 Å². The summed E-state index contributed by atoms with van der Waals surface area (Å²) in [4.78, 5) is 13.6. The Kier molecular flexibility index (Phi) is 2.51. The average Bonchev–Trinajstić information content (AvgIpc) is 2.45. The Morgan fingerprint density at radius 3 is 2.73 bits per heavy atom. The normalized spacial score (nSPS) is 10.3. The van der Waals surface area contributed by atoms with Gasteiger partial charge in [0.1, 0.15) is 5.82 Å². The predicted octanol–water partition coefficient (Wildman–Crippen LogP) is 1.88. The van der Waals surface area contributed by atoms with Crippen molar-refractivity contribution in [3.63, 3.8) is 0 Å². The Balaban J connectivity index is 2.22. The first-order chi connectivity index (χ1) is 7.15. The minimum Gasteiger partial charge on any atom is -0.384 e. The van der Waals surface area contributed by atoms with Gasteiger partial charge in [-0.3, -0.25) is 5.32 Å². The summed E-state index contributed by atoms with van der Waals surface area (Å²) in [7, 11) is 0. The van der Waals surface area contributed by atoms with E-state index in [9.17, 15) is 0 Å². The second kappa shape index (κ2) is 3.82. The maximum absolute atomic E-state index is 5.54. The van der Waals surface area contributed by atoms with Gasteiger partial charge >= 0.3 is 0 Å². The third-order valence-electron chi connectivity index (χ3n) is 1.92. The molecule has 78 valence electrons.